The second kappa shape index (κ2) is 7.58. The highest BCUT2D eigenvalue weighted by molar-refractivity contribution is 5.75. The molecule has 2 unspecified atom stereocenters. The second-order valence-corrected chi connectivity index (χ2v) is 5.86. The number of rotatable bonds is 5. The number of nitrogens with one attached hydrogen (secondary N) is 2. The SMILES string of the molecule is Cc1noc(C)c1C(C)NC(=O)NC(Cc1ccccc1)C(F)(F)F. The van der Waals surface area contributed by atoms with Crippen molar-refractivity contribution in [2.24, 2.45) is 0 Å². The van der Waals surface area contributed by atoms with E-state index in [1.165, 1.54) is 0 Å². The van der Waals surface area contributed by atoms with Crippen LogP contribution in [0, 0.1) is 13.8 Å². The monoisotopic (exact) mass is 355 g/mol. The third-order valence-electron chi connectivity index (χ3n) is 3.85. The molecular weight excluding hydrogens is 335 g/mol. The molecule has 25 heavy (non-hydrogen) atoms. The van der Waals surface area contributed by atoms with E-state index < -0.39 is 24.3 Å². The molecule has 0 radical (unpaired) electrons. The molecule has 0 spiro atoms. The molecule has 1 aromatic carbocycles. The number of carbonyl (C=O) groups is 1. The van der Waals surface area contributed by atoms with Crippen molar-refractivity contribution < 1.29 is 22.5 Å². The molecule has 0 saturated carbocycles. The van der Waals surface area contributed by atoms with E-state index in [1.807, 2.05) is 5.32 Å². The van der Waals surface area contributed by atoms with E-state index in [2.05, 4.69) is 10.5 Å². The minimum absolute atomic E-state index is 0.336. The highest BCUT2D eigenvalue weighted by atomic mass is 19.4. The van der Waals surface area contributed by atoms with Gasteiger partial charge >= 0.3 is 12.2 Å². The molecule has 2 aromatic rings. The van der Waals surface area contributed by atoms with Gasteiger partial charge in [-0.25, -0.2) is 4.79 Å². The Hall–Kier alpha value is -2.51. The van der Waals surface area contributed by atoms with Crippen LogP contribution in [0.25, 0.3) is 0 Å². The lowest BCUT2D eigenvalue weighted by atomic mass is 10.1. The standard InChI is InChI=1S/C17H20F3N3O2/c1-10(15-11(2)23-25-12(15)3)21-16(24)22-14(17(18,19)20)9-13-7-5-4-6-8-13/h4-8,10,14H,9H2,1-3H3,(H2,21,22,24). The van der Waals surface area contributed by atoms with Crippen molar-refractivity contribution in [1.82, 2.24) is 15.8 Å². The normalized spacial score (nSPS) is 14.0. The topological polar surface area (TPSA) is 67.2 Å². The predicted molar refractivity (Wildman–Crippen MR) is 86.0 cm³/mol. The molecule has 0 aliphatic carbocycles. The smallest absolute Gasteiger partial charge is 0.361 e. The van der Waals surface area contributed by atoms with Gasteiger partial charge in [-0.1, -0.05) is 35.5 Å². The van der Waals surface area contributed by atoms with Gasteiger partial charge < -0.3 is 15.2 Å². The van der Waals surface area contributed by atoms with Gasteiger partial charge in [0.1, 0.15) is 11.8 Å². The van der Waals surface area contributed by atoms with Crippen molar-refractivity contribution in [3.63, 3.8) is 0 Å². The Labute approximate surface area is 143 Å². The molecule has 1 aromatic heterocycles. The first kappa shape index (κ1) is 18.8. The van der Waals surface area contributed by atoms with E-state index in [0.717, 1.165) is 0 Å². The molecule has 1 heterocycles. The summed E-state index contributed by atoms with van der Waals surface area (Å²) in [4.78, 5) is 12.0. The van der Waals surface area contributed by atoms with Gasteiger partial charge in [0.2, 0.25) is 0 Å². The van der Waals surface area contributed by atoms with E-state index in [4.69, 9.17) is 4.52 Å². The third kappa shape index (κ3) is 4.98. The molecular formula is C17H20F3N3O2. The van der Waals surface area contributed by atoms with Crippen molar-refractivity contribution in [2.45, 2.75) is 45.5 Å². The van der Waals surface area contributed by atoms with Gasteiger partial charge in [-0.15, -0.1) is 0 Å². The average molecular weight is 355 g/mol. The zero-order valence-electron chi connectivity index (χ0n) is 14.1. The summed E-state index contributed by atoms with van der Waals surface area (Å²) in [6.45, 7) is 5.04. The minimum Gasteiger partial charge on any atom is -0.361 e. The largest absolute Gasteiger partial charge is 0.408 e. The molecule has 0 aliphatic heterocycles. The Kier molecular flexibility index (Phi) is 5.71. The maximum absolute atomic E-state index is 13.2. The third-order valence-corrected chi connectivity index (χ3v) is 3.85. The molecule has 0 bridgehead atoms. The molecule has 2 atom stereocenters. The van der Waals surface area contributed by atoms with E-state index in [1.54, 1.807) is 51.1 Å². The Morgan fingerprint density at radius 2 is 1.84 bits per heavy atom. The summed E-state index contributed by atoms with van der Waals surface area (Å²) in [5.74, 6) is 0.516. The van der Waals surface area contributed by atoms with Crippen LogP contribution in [0.3, 0.4) is 0 Å². The highest BCUT2D eigenvalue weighted by Crippen LogP contribution is 2.24. The van der Waals surface area contributed by atoms with Gasteiger partial charge in [0, 0.05) is 12.0 Å². The first-order valence-electron chi connectivity index (χ1n) is 7.79. The summed E-state index contributed by atoms with van der Waals surface area (Å²) in [7, 11) is 0. The first-order valence-corrected chi connectivity index (χ1v) is 7.79. The number of urea groups is 1. The number of halogens is 3. The zero-order chi connectivity index (χ0) is 18.6. The van der Waals surface area contributed by atoms with Crippen LogP contribution in [-0.4, -0.2) is 23.4 Å². The lowest BCUT2D eigenvalue weighted by Gasteiger charge is -2.23. The van der Waals surface area contributed by atoms with Crippen molar-refractivity contribution in [2.75, 3.05) is 0 Å². The average Bonchev–Trinajstić information content (AvgIpc) is 2.85. The molecule has 0 fully saturated rings. The minimum atomic E-state index is -4.56. The Balaban J connectivity index is 2.04. The number of carbonyl (C=O) groups excluding carboxylic acids is 1. The fourth-order valence-corrected chi connectivity index (χ4v) is 2.68. The predicted octanol–water partition coefficient (Wildman–Crippen LogP) is 3.83. The number of hydrogen-bond donors (Lipinski definition) is 2. The molecule has 0 saturated heterocycles. The number of hydrogen-bond acceptors (Lipinski definition) is 3. The van der Waals surface area contributed by atoms with Crippen LogP contribution in [0.5, 0.6) is 0 Å². The zero-order valence-corrected chi connectivity index (χ0v) is 14.1. The molecule has 8 heteroatoms. The summed E-state index contributed by atoms with van der Waals surface area (Å²) in [5.41, 5.74) is 1.73. The van der Waals surface area contributed by atoms with E-state index in [0.29, 0.717) is 22.6 Å². The van der Waals surface area contributed by atoms with Crippen LogP contribution in [0.2, 0.25) is 0 Å². The fourth-order valence-electron chi connectivity index (χ4n) is 2.68. The Morgan fingerprint density at radius 1 is 1.20 bits per heavy atom. The van der Waals surface area contributed by atoms with E-state index in [-0.39, 0.29) is 6.42 Å². The second-order valence-electron chi connectivity index (χ2n) is 5.86. The van der Waals surface area contributed by atoms with Crippen LogP contribution < -0.4 is 10.6 Å². The Bertz CT molecular complexity index is 694. The molecule has 2 amide bonds. The van der Waals surface area contributed by atoms with Gasteiger partial charge in [-0.3, -0.25) is 0 Å². The van der Waals surface area contributed by atoms with Crippen LogP contribution in [0.15, 0.2) is 34.9 Å². The maximum Gasteiger partial charge on any atom is 0.408 e. The van der Waals surface area contributed by atoms with E-state index >= 15 is 0 Å². The number of benzene rings is 1. The van der Waals surface area contributed by atoms with Gasteiger partial charge in [-0.05, 0) is 26.3 Å². The summed E-state index contributed by atoms with van der Waals surface area (Å²) < 4.78 is 44.7. The molecule has 5 nitrogen and oxygen atoms in total. The summed E-state index contributed by atoms with van der Waals surface area (Å²) in [6.07, 6.45) is -4.89. The number of aryl methyl sites for hydroxylation is 2. The van der Waals surface area contributed by atoms with Gasteiger partial charge in [0.05, 0.1) is 11.7 Å². The van der Waals surface area contributed by atoms with Crippen LogP contribution >= 0.6 is 0 Å². The molecule has 0 aliphatic rings. The van der Waals surface area contributed by atoms with Gasteiger partial charge in [0.15, 0.2) is 0 Å². The van der Waals surface area contributed by atoms with E-state index in [9.17, 15) is 18.0 Å². The lowest BCUT2D eigenvalue weighted by molar-refractivity contribution is -0.152. The summed E-state index contributed by atoms with van der Waals surface area (Å²) >= 11 is 0. The van der Waals surface area contributed by atoms with Crippen LogP contribution in [0.4, 0.5) is 18.0 Å². The summed E-state index contributed by atoms with van der Waals surface area (Å²) in [5, 5.41) is 8.29. The molecule has 136 valence electrons. The Morgan fingerprint density at radius 3 is 2.36 bits per heavy atom. The quantitative estimate of drug-likeness (QED) is 0.857. The lowest BCUT2D eigenvalue weighted by Crippen LogP contribution is -2.50. The first-order chi connectivity index (χ1) is 11.7. The van der Waals surface area contributed by atoms with Crippen LogP contribution in [0.1, 0.15) is 35.5 Å². The summed E-state index contributed by atoms with van der Waals surface area (Å²) in [6, 6.07) is 4.80. The number of amides is 2. The highest BCUT2D eigenvalue weighted by Gasteiger charge is 2.40. The number of aromatic nitrogens is 1. The van der Waals surface area contributed by atoms with Gasteiger partial charge in [-0.2, -0.15) is 13.2 Å². The van der Waals surface area contributed by atoms with Crippen molar-refractivity contribution in [3.05, 3.63) is 52.9 Å². The van der Waals surface area contributed by atoms with Crippen LogP contribution in [-0.2, 0) is 6.42 Å². The van der Waals surface area contributed by atoms with Gasteiger partial charge in [0.25, 0.3) is 0 Å². The number of nitrogens with zero attached hydrogens (tertiary/aromatic N) is 1. The maximum atomic E-state index is 13.2. The van der Waals surface area contributed by atoms with Crippen molar-refractivity contribution >= 4 is 6.03 Å². The van der Waals surface area contributed by atoms with Crippen molar-refractivity contribution in [1.29, 1.82) is 0 Å². The molecule has 2 rings (SSSR count). The van der Waals surface area contributed by atoms with Crippen molar-refractivity contribution in [3.8, 4) is 0 Å². The fraction of sp³-hybridized carbons (Fsp3) is 0.412. The molecule has 2 N–H and O–H groups in total. The number of alkyl halides is 3.